The molecule has 1 aliphatic heterocycles. The topological polar surface area (TPSA) is 105 Å². The van der Waals surface area contributed by atoms with Crippen molar-refractivity contribution in [3.8, 4) is 0 Å². The smallest absolute Gasteiger partial charge is 0.336 e. The Hall–Kier alpha value is -2.19. The van der Waals surface area contributed by atoms with Gasteiger partial charge in [0.05, 0.1) is 10.8 Å². The summed E-state index contributed by atoms with van der Waals surface area (Å²) in [5.74, 6) is -1.66. The van der Waals surface area contributed by atoms with Gasteiger partial charge < -0.3 is 9.52 Å². The van der Waals surface area contributed by atoms with E-state index in [-0.39, 0.29) is 18.0 Å². The lowest BCUT2D eigenvalue weighted by Gasteiger charge is -2.16. The van der Waals surface area contributed by atoms with Gasteiger partial charge in [-0.2, -0.15) is 4.31 Å². The molecule has 8 heteroatoms. The van der Waals surface area contributed by atoms with Gasteiger partial charge in [0.15, 0.2) is 0 Å². The zero-order valence-corrected chi connectivity index (χ0v) is 12.2. The van der Waals surface area contributed by atoms with E-state index in [9.17, 15) is 18.0 Å². The molecule has 2 heterocycles. The molecule has 3 rings (SSSR count). The first kappa shape index (κ1) is 14.7. The summed E-state index contributed by atoms with van der Waals surface area (Å²) < 4.78 is 31.2. The predicted octanol–water partition coefficient (Wildman–Crippen LogP) is 0.888. The molecule has 22 heavy (non-hydrogen) atoms. The van der Waals surface area contributed by atoms with Crippen molar-refractivity contribution >= 4 is 27.0 Å². The summed E-state index contributed by atoms with van der Waals surface area (Å²) in [6, 6.07) is 6.91. The van der Waals surface area contributed by atoms with Crippen molar-refractivity contribution in [2.24, 2.45) is 5.92 Å². The zero-order chi connectivity index (χ0) is 15.9. The summed E-state index contributed by atoms with van der Waals surface area (Å²) in [6.07, 6.45) is 0.303. The van der Waals surface area contributed by atoms with Crippen LogP contribution in [-0.4, -0.2) is 36.9 Å². The maximum Gasteiger partial charge on any atom is 0.336 e. The Morgan fingerprint density at radius 2 is 2.05 bits per heavy atom. The van der Waals surface area contributed by atoms with Crippen LogP contribution in [0.2, 0.25) is 0 Å². The number of nitrogens with zero attached hydrogens (tertiary/aromatic N) is 1. The standard InChI is InChI=1S/C14H13NO6S/c16-13-4-1-9-7-11(2-3-12(9)21-13)22(19,20)15-6-5-10(8-15)14(17)18/h1-4,7,10H,5-6,8H2,(H,17,18). The molecule has 0 aliphatic carbocycles. The Bertz CT molecular complexity index is 901. The van der Waals surface area contributed by atoms with Crippen molar-refractivity contribution in [1.82, 2.24) is 4.31 Å². The van der Waals surface area contributed by atoms with Crippen molar-refractivity contribution in [3.63, 3.8) is 0 Å². The van der Waals surface area contributed by atoms with Crippen LogP contribution >= 0.6 is 0 Å². The van der Waals surface area contributed by atoms with E-state index in [1.54, 1.807) is 0 Å². The van der Waals surface area contributed by atoms with Crippen molar-refractivity contribution in [2.45, 2.75) is 11.3 Å². The number of rotatable bonds is 3. The van der Waals surface area contributed by atoms with E-state index in [0.29, 0.717) is 17.4 Å². The molecule has 0 bridgehead atoms. The second-order valence-electron chi connectivity index (χ2n) is 5.14. The van der Waals surface area contributed by atoms with Gasteiger partial charge in [-0.15, -0.1) is 0 Å². The number of aliphatic carboxylic acids is 1. The monoisotopic (exact) mass is 323 g/mol. The predicted molar refractivity (Wildman–Crippen MR) is 77.0 cm³/mol. The van der Waals surface area contributed by atoms with Gasteiger partial charge in [0, 0.05) is 24.5 Å². The highest BCUT2D eigenvalue weighted by molar-refractivity contribution is 7.89. The largest absolute Gasteiger partial charge is 0.481 e. The number of fused-ring (bicyclic) bond motifs is 1. The first-order chi connectivity index (χ1) is 10.4. The molecule has 1 aromatic heterocycles. The fourth-order valence-corrected chi connectivity index (χ4v) is 4.04. The van der Waals surface area contributed by atoms with E-state index in [1.807, 2.05) is 0 Å². The molecular weight excluding hydrogens is 310 g/mol. The Morgan fingerprint density at radius 1 is 1.27 bits per heavy atom. The molecule has 1 atom stereocenters. The average Bonchev–Trinajstić information content (AvgIpc) is 2.97. The minimum absolute atomic E-state index is 0.0282. The van der Waals surface area contributed by atoms with Gasteiger partial charge in [-0.3, -0.25) is 4.79 Å². The molecule has 0 radical (unpaired) electrons. The summed E-state index contributed by atoms with van der Waals surface area (Å²) in [6.45, 7) is 0.154. The SMILES string of the molecule is O=C(O)C1CCN(S(=O)(=O)c2ccc3oc(=O)ccc3c2)C1. The fourth-order valence-electron chi connectivity index (χ4n) is 2.51. The maximum atomic E-state index is 12.6. The van der Waals surface area contributed by atoms with Crippen LogP contribution in [0.15, 0.2) is 44.4 Å². The third-order valence-corrected chi connectivity index (χ3v) is 5.59. The quantitative estimate of drug-likeness (QED) is 0.841. The van der Waals surface area contributed by atoms with Crippen LogP contribution in [0, 0.1) is 5.92 Å². The van der Waals surface area contributed by atoms with Crippen molar-refractivity contribution < 1.29 is 22.7 Å². The van der Waals surface area contributed by atoms with Crippen LogP contribution in [0.5, 0.6) is 0 Å². The first-order valence-corrected chi connectivity index (χ1v) is 8.09. The van der Waals surface area contributed by atoms with Crippen LogP contribution in [0.25, 0.3) is 11.0 Å². The molecule has 1 aliphatic rings. The summed E-state index contributed by atoms with van der Waals surface area (Å²) in [5, 5.41) is 9.47. The highest BCUT2D eigenvalue weighted by Gasteiger charge is 2.35. The van der Waals surface area contributed by atoms with E-state index >= 15 is 0 Å². The van der Waals surface area contributed by atoms with Gasteiger partial charge >= 0.3 is 11.6 Å². The lowest BCUT2D eigenvalue weighted by atomic mass is 10.1. The molecule has 1 unspecified atom stereocenters. The van der Waals surface area contributed by atoms with Gasteiger partial charge in [0.2, 0.25) is 10.0 Å². The fraction of sp³-hybridized carbons (Fsp3) is 0.286. The van der Waals surface area contributed by atoms with E-state index in [2.05, 4.69) is 0 Å². The van der Waals surface area contributed by atoms with Crippen molar-refractivity contribution in [2.75, 3.05) is 13.1 Å². The number of hydrogen-bond acceptors (Lipinski definition) is 5. The summed E-state index contributed by atoms with van der Waals surface area (Å²) in [7, 11) is -3.76. The van der Waals surface area contributed by atoms with Crippen LogP contribution in [0.4, 0.5) is 0 Å². The number of hydrogen-bond donors (Lipinski definition) is 1. The summed E-state index contributed by atoms with van der Waals surface area (Å²) in [5.41, 5.74) is -0.205. The van der Waals surface area contributed by atoms with E-state index in [0.717, 1.165) is 0 Å². The molecule has 0 saturated carbocycles. The van der Waals surface area contributed by atoms with Crippen LogP contribution in [0.1, 0.15) is 6.42 Å². The Morgan fingerprint density at radius 3 is 2.73 bits per heavy atom. The van der Waals surface area contributed by atoms with Crippen LogP contribution in [0.3, 0.4) is 0 Å². The minimum atomic E-state index is -3.76. The molecule has 1 aromatic carbocycles. The highest BCUT2D eigenvalue weighted by Crippen LogP contribution is 2.26. The Labute approximate surface area is 125 Å². The molecule has 7 nitrogen and oxygen atoms in total. The molecular formula is C14H13NO6S. The van der Waals surface area contributed by atoms with Gasteiger partial charge in [0.1, 0.15) is 5.58 Å². The van der Waals surface area contributed by atoms with Gasteiger partial charge in [-0.05, 0) is 30.7 Å². The third-order valence-electron chi connectivity index (χ3n) is 3.73. The highest BCUT2D eigenvalue weighted by atomic mass is 32.2. The second-order valence-corrected chi connectivity index (χ2v) is 7.08. The van der Waals surface area contributed by atoms with Crippen molar-refractivity contribution in [1.29, 1.82) is 0 Å². The molecule has 116 valence electrons. The van der Waals surface area contributed by atoms with E-state index in [4.69, 9.17) is 9.52 Å². The van der Waals surface area contributed by atoms with Crippen LogP contribution < -0.4 is 5.63 Å². The number of carbonyl (C=O) groups is 1. The third kappa shape index (κ3) is 2.51. The molecule has 0 amide bonds. The molecule has 1 N–H and O–H groups in total. The first-order valence-electron chi connectivity index (χ1n) is 6.65. The van der Waals surface area contributed by atoms with Gasteiger partial charge in [0.25, 0.3) is 0 Å². The number of carboxylic acids is 1. The Balaban J connectivity index is 1.97. The number of benzene rings is 1. The van der Waals surface area contributed by atoms with Crippen LogP contribution in [-0.2, 0) is 14.8 Å². The average molecular weight is 323 g/mol. The van der Waals surface area contributed by atoms with E-state index < -0.39 is 27.5 Å². The lowest BCUT2D eigenvalue weighted by Crippen LogP contribution is -2.30. The normalized spacial score (nSPS) is 19.5. The zero-order valence-electron chi connectivity index (χ0n) is 11.4. The number of carboxylic acid groups (broad SMARTS) is 1. The lowest BCUT2D eigenvalue weighted by molar-refractivity contribution is -0.141. The summed E-state index contributed by atoms with van der Waals surface area (Å²) >= 11 is 0. The second kappa shape index (κ2) is 5.22. The summed E-state index contributed by atoms with van der Waals surface area (Å²) in [4.78, 5) is 22.1. The number of sulfonamides is 1. The van der Waals surface area contributed by atoms with Crippen molar-refractivity contribution in [3.05, 3.63) is 40.8 Å². The van der Waals surface area contributed by atoms with Gasteiger partial charge in [-0.1, -0.05) is 0 Å². The molecule has 0 spiro atoms. The van der Waals surface area contributed by atoms with E-state index in [1.165, 1.54) is 34.6 Å². The van der Waals surface area contributed by atoms with Gasteiger partial charge in [-0.25, -0.2) is 13.2 Å². The molecule has 2 aromatic rings. The molecule has 1 fully saturated rings. The minimum Gasteiger partial charge on any atom is -0.481 e. The maximum absolute atomic E-state index is 12.6. The molecule has 1 saturated heterocycles. The Kier molecular flexibility index (Phi) is 3.50.